The highest BCUT2D eigenvalue weighted by atomic mass is 35.5. The number of nitrogens with zero attached hydrogens (tertiary/aromatic N) is 2. The van der Waals surface area contributed by atoms with Crippen molar-refractivity contribution in [1.82, 2.24) is 10.6 Å². The number of methoxy groups -OCH3 is 2. The van der Waals surface area contributed by atoms with Gasteiger partial charge in [-0.05, 0) is 31.5 Å². The van der Waals surface area contributed by atoms with Crippen LogP contribution >= 0.6 is 11.6 Å². The predicted octanol–water partition coefficient (Wildman–Crippen LogP) is 2.05. The summed E-state index contributed by atoms with van der Waals surface area (Å²) in [4.78, 5) is 17.9. The number of nitrogens with one attached hydrogen (secondary N) is 2. The Kier molecular flexibility index (Phi) is 7.84. The number of hydrogen-bond donors (Lipinski definition) is 2. The van der Waals surface area contributed by atoms with Gasteiger partial charge in [-0.3, -0.25) is 9.79 Å². The maximum absolute atomic E-state index is 11.2. The summed E-state index contributed by atoms with van der Waals surface area (Å²) >= 11 is 6.14. The number of hydrogen-bond acceptors (Lipinski definition) is 5. The Hall–Kier alpha value is -2.15. The zero-order valence-electron chi connectivity index (χ0n) is 15.5. The van der Waals surface area contributed by atoms with Gasteiger partial charge in [-0.25, -0.2) is 0 Å². The highest BCUT2D eigenvalue weighted by Crippen LogP contribution is 2.33. The first-order valence-corrected chi connectivity index (χ1v) is 9.15. The second-order valence-corrected chi connectivity index (χ2v) is 6.42. The van der Waals surface area contributed by atoms with Crippen molar-refractivity contribution >= 4 is 29.2 Å². The number of aliphatic imine (C=N–C) groups is 1. The normalized spacial score (nSPS) is 17.2. The minimum Gasteiger partial charge on any atom is -0.495 e. The molecule has 0 radical (unpaired) electrons. The molecule has 8 heteroatoms. The van der Waals surface area contributed by atoms with E-state index < -0.39 is 0 Å². The average molecular weight is 383 g/mol. The fourth-order valence-electron chi connectivity index (χ4n) is 2.88. The Bertz CT molecular complexity index is 639. The first-order valence-electron chi connectivity index (χ1n) is 8.77. The van der Waals surface area contributed by atoms with E-state index in [1.807, 2.05) is 25.1 Å². The van der Waals surface area contributed by atoms with Gasteiger partial charge in [0, 0.05) is 30.7 Å². The van der Waals surface area contributed by atoms with Crippen molar-refractivity contribution < 1.29 is 14.3 Å². The molecule has 1 aromatic rings. The Morgan fingerprint density at radius 1 is 1.42 bits per heavy atom. The van der Waals surface area contributed by atoms with Crippen LogP contribution in [0.5, 0.6) is 5.75 Å². The van der Waals surface area contributed by atoms with Gasteiger partial charge in [0.05, 0.1) is 32.9 Å². The van der Waals surface area contributed by atoms with Crippen LogP contribution in [0, 0.1) is 0 Å². The van der Waals surface area contributed by atoms with E-state index in [-0.39, 0.29) is 18.4 Å². The molecular formula is C18H27ClN4O3. The van der Waals surface area contributed by atoms with Crippen LogP contribution in [0.25, 0.3) is 0 Å². The van der Waals surface area contributed by atoms with E-state index in [1.54, 1.807) is 7.11 Å². The quantitative estimate of drug-likeness (QED) is 0.427. The van der Waals surface area contributed by atoms with Gasteiger partial charge in [-0.15, -0.1) is 0 Å². The molecule has 0 spiro atoms. The van der Waals surface area contributed by atoms with Crippen LogP contribution in [-0.4, -0.2) is 58.4 Å². The number of ether oxygens (including phenoxy) is 2. The van der Waals surface area contributed by atoms with Crippen LogP contribution in [0.3, 0.4) is 0 Å². The lowest BCUT2D eigenvalue weighted by molar-refractivity contribution is -0.140. The number of carbonyl (C=O) groups excluding carboxylic acids is 1. The van der Waals surface area contributed by atoms with E-state index in [2.05, 4.69) is 25.3 Å². The van der Waals surface area contributed by atoms with Crippen molar-refractivity contribution in [1.29, 1.82) is 0 Å². The molecule has 1 unspecified atom stereocenters. The van der Waals surface area contributed by atoms with Gasteiger partial charge >= 0.3 is 5.97 Å². The lowest BCUT2D eigenvalue weighted by Gasteiger charge is -2.22. The Morgan fingerprint density at radius 2 is 2.23 bits per heavy atom. The predicted molar refractivity (Wildman–Crippen MR) is 104 cm³/mol. The average Bonchev–Trinajstić information content (AvgIpc) is 3.10. The van der Waals surface area contributed by atoms with Crippen LogP contribution in [0.15, 0.2) is 23.2 Å². The van der Waals surface area contributed by atoms with Gasteiger partial charge < -0.3 is 25.0 Å². The number of carbonyl (C=O) groups is 1. The van der Waals surface area contributed by atoms with Crippen molar-refractivity contribution in [2.75, 3.05) is 45.3 Å². The molecule has 2 N–H and O–H groups in total. The Morgan fingerprint density at radius 3 is 2.92 bits per heavy atom. The topological polar surface area (TPSA) is 75.2 Å². The third-order valence-electron chi connectivity index (χ3n) is 4.17. The van der Waals surface area contributed by atoms with Crippen LogP contribution in [-0.2, 0) is 9.53 Å². The van der Waals surface area contributed by atoms with Crippen molar-refractivity contribution in [2.45, 2.75) is 25.8 Å². The fraction of sp³-hybridized carbons (Fsp3) is 0.556. The second kappa shape index (κ2) is 10.1. The zero-order valence-corrected chi connectivity index (χ0v) is 16.3. The fourth-order valence-corrected chi connectivity index (χ4v) is 3.05. The van der Waals surface area contributed by atoms with Gasteiger partial charge in [0.15, 0.2) is 5.96 Å². The van der Waals surface area contributed by atoms with E-state index >= 15 is 0 Å². The van der Waals surface area contributed by atoms with Gasteiger partial charge in [0.25, 0.3) is 0 Å². The molecule has 2 rings (SSSR count). The number of benzene rings is 1. The third-order valence-corrected chi connectivity index (χ3v) is 4.40. The molecule has 0 saturated carbocycles. The summed E-state index contributed by atoms with van der Waals surface area (Å²) in [5, 5.41) is 7.33. The smallest absolute Gasteiger partial charge is 0.307 e. The van der Waals surface area contributed by atoms with Crippen LogP contribution in [0.1, 0.15) is 19.8 Å². The minimum absolute atomic E-state index is 0.245. The lowest BCUT2D eigenvalue weighted by Crippen LogP contribution is -2.44. The number of anilines is 1. The highest BCUT2D eigenvalue weighted by molar-refractivity contribution is 6.30. The molecule has 26 heavy (non-hydrogen) atoms. The molecule has 7 nitrogen and oxygen atoms in total. The summed E-state index contributed by atoms with van der Waals surface area (Å²) < 4.78 is 10.1. The number of guanidine groups is 1. The molecule has 0 bridgehead atoms. The molecule has 1 aliphatic rings. The number of halogens is 1. The maximum atomic E-state index is 11.2. The Balaban J connectivity index is 1.97. The van der Waals surface area contributed by atoms with Gasteiger partial charge in [-0.1, -0.05) is 11.6 Å². The molecular weight excluding hydrogens is 356 g/mol. The van der Waals surface area contributed by atoms with Crippen LogP contribution in [0.2, 0.25) is 5.02 Å². The van der Waals surface area contributed by atoms with E-state index in [1.165, 1.54) is 7.11 Å². The van der Waals surface area contributed by atoms with Crippen molar-refractivity contribution in [3.05, 3.63) is 23.2 Å². The standard InChI is InChI=1S/C18H27ClN4O3/c1-4-20-18(21-9-7-17(24)26-3)22-14-8-10-23(12-14)15-11-13(19)5-6-16(15)25-2/h5-6,11,14H,4,7-10,12H2,1-3H3,(H2,20,21,22). The molecule has 1 aromatic carbocycles. The monoisotopic (exact) mass is 382 g/mol. The van der Waals surface area contributed by atoms with Gasteiger partial charge in [0.1, 0.15) is 5.75 Å². The van der Waals surface area contributed by atoms with Crippen molar-refractivity contribution in [3.63, 3.8) is 0 Å². The highest BCUT2D eigenvalue weighted by Gasteiger charge is 2.25. The van der Waals surface area contributed by atoms with Crippen molar-refractivity contribution in [2.24, 2.45) is 4.99 Å². The Labute approximate surface area is 159 Å². The molecule has 1 atom stereocenters. The summed E-state index contributed by atoms with van der Waals surface area (Å²) in [5.74, 6) is 1.26. The van der Waals surface area contributed by atoms with Gasteiger partial charge in [0.2, 0.25) is 0 Å². The number of esters is 1. The molecule has 1 aliphatic heterocycles. The molecule has 0 amide bonds. The summed E-state index contributed by atoms with van der Waals surface area (Å²) in [7, 11) is 3.04. The molecule has 1 fully saturated rings. The summed E-state index contributed by atoms with van der Waals surface area (Å²) in [6.07, 6.45) is 1.24. The van der Waals surface area contributed by atoms with Gasteiger partial charge in [-0.2, -0.15) is 0 Å². The lowest BCUT2D eigenvalue weighted by atomic mass is 10.2. The maximum Gasteiger partial charge on any atom is 0.307 e. The number of rotatable bonds is 7. The van der Waals surface area contributed by atoms with E-state index in [0.717, 1.165) is 37.5 Å². The van der Waals surface area contributed by atoms with Crippen LogP contribution in [0.4, 0.5) is 5.69 Å². The summed E-state index contributed by atoms with van der Waals surface area (Å²) in [6.45, 7) is 4.87. The second-order valence-electron chi connectivity index (χ2n) is 5.98. The minimum atomic E-state index is -0.260. The van der Waals surface area contributed by atoms with Crippen molar-refractivity contribution in [3.8, 4) is 5.75 Å². The molecule has 0 aromatic heterocycles. The molecule has 1 saturated heterocycles. The molecule has 0 aliphatic carbocycles. The summed E-state index contributed by atoms with van der Waals surface area (Å²) in [5.41, 5.74) is 0.997. The van der Waals surface area contributed by atoms with E-state index in [4.69, 9.17) is 16.3 Å². The summed E-state index contributed by atoms with van der Waals surface area (Å²) in [6, 6.07) is 5.89. The van der Waals surface area contributed by atoms with Crippen LogP contribution < -0.4 is 20.3 Å². The third kappa shape index (κ3) is 5.69. The van der Waals surface area contributed by atoms with E-state index in [0.29, 0.717) is 17.5 Å². The molecule has 1 heterocycles. The molecule has 144 valence electrons. The zero-order chi connectivity index (χ0) is 18.9. The first-order chi connectivity index (χ1) is 12.6. The largest absolute Gasteiger partial charge is 0.495 e. The van der Waals surface area contributed by atoms with E-state index in [9.17, 15) is 4.79 Å². The SMILES string of the molecule is CCNC(=NCCC(=O)OC)NC1CCN(c2cc(Cl)ccc2OC)C1. The first kappa shape index (κ1) is 20.2.